The lowest BCUT2D eigenvalue weighted by Gasteiger charge is -2.47. The zero-order valence-corrected chi connectivity index (χ0v) is 19.8. The van der Waals surface area contributed by atoms with Gasteiger partial charge in [0.15, 0.2) is 5.01 Å². The zero-order chi connectivity index (χ0) is 22.2. The van der Waals surface area contributed by atoms with Gasteiger partial charge in [-0.05, 0) is 13.8 Å². The van der Waals surface area contributed by atoms with E-state index in [1.54, 1.807) is 6.20 Å². The first kappa shape index (κ1) is 21.2. The molecule has 0 aliphatic carbocycles. The quantitative estimate of drug-likeness (QED) is 0.590. The van der Waals surface area contributed by atoms with Crippen LogP contribution in [0.5, 0.6) is 0 Å². The maximum Gasteiger partial charge on any atom is 0.282 e. The first-order chi connectivity index (χ1) is 15.5. The van der Waals surface area contributed by atoms with Crippen LogP contribution in [0, 0.1) is 13.8 Å². The van der Waals surface area contributed by atoms with Gasteiger partial charge in [0, 0.05) is 62.5 Å². The molecule has 2 aliphatic rings. The van der Waals surface area contributed by atoms with Gasteiger partial charge in [0.1, 0.15) is 9.88 Å². The molecule has 4 heterocycles. The van der Waals surface area contributed by atoms with Crippen molar-refractivity contribution in [1.29, 1.82) is 0 Å². The van der Waals surface area contributed by atoms with Crippen molar-refractivity contribution in [1.82, 2.24) is 24.7 Å². The molecule has 7 nitrogen and oxygen atoms in total. The molecule has 2 amide bonds. The van der Waals surface area contributed by atoms with Crippen molar-refractivity contribution in [3.8, 4) is 10.6 Å². The summed E-state index contributed by atoms with van der Waals surface area (Å²) in [5.41, 5.74) is 3.06. The minimum atomic E-state index is 0.0233. The van der Waals surface area contributed by atoms with Gasteiger partial charge in [-0.1, -0.05) is 29.8 Å². The van der Waals surface area contributed by atoms with Crippen LogP contribution in [0.2, 0.25) is 0 Å². The van der Waals surface area contributed by atoms with Gasteiger partial charge in [-0.25, -0.2) is 9.97 Å². The fourth-order valence-corrected chi connectivity index (χ4v) is 5.81. The van der Waals surface area contributed by atoms with Crippen LogP contribution in [0.15, 0.2) is 35.8 Å². The second kappa shape index (κ2) is 8.73. The van der Waals surface area contributed by atoms with Gasteiger partial charge in [0.05, 0.1) is 5.69 Å². The van der Waals surface area contributed by atoms with E-state index >= 15 is 0 Å². The Morgan fingerprint density at radius 1 is 0.969 bits per heavy atom. The Morgan fingerprint density at radius 2 is 1.69 bits per heavy atom. The number of thiazole rings is 2. The number of aromatic nitrogens is 2. The van der Waals surface area contributed by atoms with E-state index in [0.29, 0.717) is 24.1 Å². The van der Waals surface area contributed by atoms with Crippen molar-refractivity contribution in [3.63, 3.8) is 0 Å². The average Bonchev–Trinajstić information content (AvgIpc) is 3.43. The number of hydrogen-bond donors (Lipinski definition) is 0. The largest absolute Gasteiger partial charge is 0.335 e. The second-order valence-corrected chi connectivity index (χ2v) is 10.2. The number of nitrogens with zero attached hydrogens (tertiary/aromatic N) is 5. The number of amides is 2. The standard InChI is InChI=1S/C23H25N5O2S2/c1-15-3-5-17(6-4-15)20-25-16(2)19(32-20)22(29)28-13-18(14-28)26-8-10-27(11-9-26)23(30)21-24-7-12-31-21/h3-7,12,18H,8-11,13-14H2,1-2H3. The Kier molecular flexibility index (Phi) is 5.79. The maximum atomic E-state index is 13.1. The van der Waals surface area contributed by atoms with Gasteiger partial charge in [0.25, 0.3) is 11.8 Å². The van der Waals surface area contributed by atoms with E-state index in [9.17, 15) is 9.59 Å². The van der Waals surface area contributed by atoms with E-state index in [0.717, 1.165) is 47.3 Å². The van der Waals surface area contributed by atoms with Crippen molar-refractivity contribution in [2.75, 3.05) is 39.3 Å². The molecule has 0 saturated carbocycles. The van der Waals surface area contributed by atoms with Gasteiger partial charge < -0.3 is 9.80 Å². The van der Waals surface area contributed by atoms with E-state index < -0.39 is 0 Å². The SMILES string of the molecule is Cc1ccc(-c2nc(C)c(C(=O)N3CC(N4CCN(C(=O)c5nccs5)CC4)C3)s2)cc1. The van der Waals surface area contributed by atoms with E-state index in [2.05, 4.69) is 46.1 Å². The summed E-state index contributed by atoms with van der Waals surface area (Å²) in [6.07, 6.45) is 1.67. The highest BCUT2D eigenvalue weighted by molar-refractivity contribution is 7.17. The van der Waals surface area contributed by atoms with Crippen LogP contribution in [0.3, 0.4) is 0 Å². The van der Waals surface area contributed by atoms with Gasteiger partial charge in [0.2, 0.25) is 0 Å². The van der Waals surface area contributed by atoms with Crippen LogP contribution in [0.4, 0.5) is 0 Å². The number of aryl methyl sites for hydroxylation is 2. The molecule has 2 saturated heterocycles. The average molecular weight is 468 g/mol. The van der Waals surface area contributed by atoms with E-state index in [4.69, 9.17) is 0 Å². The molecule has 9 heteroatoms. The minimum absolute atomic E-state index is 0.0233. The fraction of sp³-hybridized carbons (Fsp3) is 0.391. The molecule has 166 valence electrons. The van der Waals surface area contributed by atoms with Crippen LogP contribution in [0.25, 0.3) is 10.6 Å². The van der Waals surface area contributed by atoms with Crippen LogP contribution < -0.4 is 0 Å². The number of rotatable bonds is 4. The molecule has 0 atom stereocenters. The molecule has 32 heavy (non-hydrogen) atoms. The lowest BCUT2D eigenvalue weighted by Crippen LogP contribution is -2.64. The molecule has 0 spiro atoms. The van der Waals surface area contributed by atoms with Crippen molar-refractivity contribution in [2.45, 2.75) is 19.9 Å². The number of likely N-dealkylation sites (tertiary alicyclic amines) is 1. The summed E-state index contributed by atoms with van der Waals surface area (Å²) in [4.78, 5) is 41.2. The molecule has 3 aromatic rings. The predicted octanol–water partition coefficient (Wildman–Crippen LogP) is 3.17. The molecule has 1 aromatic carbocycles. The highest BCUT2D eigenvalue weighted by atomic mass is 32.1. The number of hydrogen-bond acceptors (Lipinski definition) is 7. The number of carbonyl (C=O) groups is 2. The molecule has 2 aliphatic heterocycles. The Labute approximate surface area is 195 Å². The summed E-state index contributed by atoms with van der Waals surface area (Å²) >= 11 is 2.86. The maximum absolute atomic E-state index is 13.1. The topological polar surface area (TPSA) is 69.6 Å². The highest BCUT2D eigenvalue weighted by Gasteiger charge is 2.38. The van der Waals surface area contributed by atoms with Crippen molar-refractivity contribution in [2.24, 2.45) is 0 Å². The second-order valence-electron chi connectivity index (χ2n) is 8.33. The van der Waals surface area contributed by atoms with E-state index in [-0.39, 0.29) is 11.8 Å². The lowest BCUT2D eigenvalue weighted by atomic mass is 10.1. The molecule has 5 rings (SSSR count). The van der Waals surface area contributed by atoms with Gasteiger partial charge in [-0.2, -0.15) is 0 Å². The normalized spacial score (nSPS) is 17.4. The Balaban J connectivity index is 1.15. The molecular weight excluding hydrogens is 442 g/mol. The summed E-state index contributed by atoms with van der Waals surface area (Å²) in [7, 11) is 0. The summed E-state index contributed by atoms with van der Waals surface area (Å²) in [6.45, 7) is 8.52. The summed E-state index contributed by atoms with van der Waals surface area (Å²) < 4.78 is 0. The van der Waals surface area contributed by atoms with Crippen LogP contribution in [0.1, 0.15) is 30.7 Å². The molecule has 0 bridgehead atoms. The van der Waals surface area contributed by atoms with Gasteiger partial charge in [-0.15, -0.1) is 22.7 Å². The third-order valence-corrected chi connectivity index (χ3v) is 8.13. The molecular formula is C23H25N5O2S2. The smallest absolute Gasteiger partial charge is 0.282 e. The lowest BCUT2D eigenvalue weighted by molar-refractivity contribution is 0.00874. The summed E-state index contributed by atoms with van der Waals surface area (Å²) in [5.74, 6) is 0.0994. The molecule has 0 radical (unpaired) electrons. The van der Waals surface area contributed by atoms with Crippen molar-refractivity contribution in [3.05, 3.63) is 57.0 Å². The fourth-order valence-electron chi connectivity index (χ4n) is 4.16. The molecule has 2 aromatic heterocycles. The monoisotopic (exact) mass is 467 g/mol. The molecule has 0 N–H and O–H groups in total. The van der Waals surface area contributed by atoms with Crippen molar-refractivity contribution >= 4 is 34.5 Å². The first-order valence-corrected chi connectivity index (χ1v) is 12.5. The van der Waals surface area contributed by atoms with Crippen LogP contribution in [-0.2, 0) is 0 Å². The zero-order valence-electron chi connectivity index (χ0n) is 18.2. The third kappa shape index (κ3) is 4.07. The van der Waals surface area contributed by atoms with E-state index in [1.807, 2.05) is 22.1 Å². The Hall–Kier alpha value is -2.62. The Bertz CT molecular complexity index is 1110. The first-order valence-electron chi connectivity index (χ1n) is 10.8. The predicted molar refractivity (Wildman–Crippen MR) is 126 cm³/mol. The number of piperazine rings is 1. The third-order valence-electron chi connectivity index (χ3n) is 6.17. The van der Waals surface area contributed by atoms with Crippen LogP contribution in [-0.4, -0.2) is 81.8 Å². The molecule has 0 unspecified atom stereocenters. The summed E-state index contributed by atoms with van der Waals surface area (Å²) in [5, 5.41) is 3.28. The van der Waals surface area contributed by atoms with Gasteiger partial charge in [-0.3, -0.25) is 14.5 Å². The van der Waals surface area contributed by atoms with Crippen LogP contribution >= 0.6 is 22.7 Å². The summed E-state index contributed by atoms with van der Waals surface area (Å²) in [6, 6.07) is 8.61. The number of benzene rings is 1. The minimum Gasteiger partial charge on any atom is -0.335 e. The molecule has 2 fully saturated rings. The highest BCUT2D eigenvalue weighted by Crippen LogP contribution is 2.30. The van der Waals surface area contributed by atoms with E-state index in [1.165, 1.54) is 28.2 Å². The number of carbonyl (C=O) groups excluding carboxylic acids is 2. The van der Waals surface area contributed by atoms with Crippen molar-refractivity contribution < 1.29 is 9.59 Å². The Morgan fingerprint density at radius 3 is 2.34 bits per heavy atom. The van der Waals surface area contributed by atoms with Gasteiger partial charge >= 0.3 is 0 Å².